The van der Waals surface area contributed by atoms with Crippen molar-refractivity contribution in [2.75, 3.05) is 46.7 Å². The van der Waals surface area contributed by atoms with Crippen molar-refractivity contribution in [1.29, 1.82) is 0 Å². The molecule has 0 aliphatic carbocycles. The predicted octanol–water partition coefficient (Wildman–Crippen LogP) is -3.84. The lowest BCUT2D eigenvalue weighted by molar-refractivity contribution is -0.775. The Balaban J connectivity index is 0.000000365. The van der Waals surface area contributed by atoms with E-state index in [0.717, 1.165) is 0 Å². The fraction of sp³-hybridized carbons (Fsp3) is 1.00. The third-order valence-electron chi connectivity index (χ3n) is 3.90. The third kappa shape index (κ3) is 7.79. The second kappa shape index (κ2) is 11.3. The summed E-state index contributed by atoms with van der Waals surface area (Å²) >= 11 is 0. The van der Waals surface area contributed by atoms with Crippen LogP contribution in [-0.4, -0.2) is 117 Å². The smallest absolute Gasteiger partial charge is 0.212 e. The van der Waals surface area contributed by atoms with Gasteiger partial charge in [-0.1, -0.05) is 35.1 Å². The Kier molecular flexibility index (Phi) is 8.87. The average Bonchev–Trinajstić information content (AvgIpc) is 2.72. The summed E-state index contributed by atoms with van der Waals surface area (Å²) < 4.78 is 0. The van der Waals surface area contributed by atoms with Gasteiger partial charge < -0.3 is 0 Å². The largest absolute Gasteiger partial charge is 0.235 e. The first kappa shape index (κ1) is 27.4. The minimum Gasteiger partial charge on any atom is -0.235 e. The van der Waals surface area contributed by atoms with Crippen LogP contribution in [0.3, 0.4) is 0 Å². The van der Waals surface area contributed by atoms with E-state index in [1.807, 2.05) is 0 Å². The normalized spacial score (nSPS) is 16.4. The summed E-state index contributed by atoms with van der Waals surface area (Å²) in [5.74, 6) is 0. The minimum atomic E-state index is -1.06. The van der Waals surface area contributed by atoms with Crippen molar-refractivity contribution in [3.63, 3.8) is 0 Å². The molecule has 0 atom stereocenters. The number of hydrogen-bond acceptors (Lipinski definition) is 14. The van der Waals surface area contributed by atoms with Crippen molar-refractivity contribution in [2.24, 2.45) is 0 Å². The van der Waals surface area contributed by atoms with Crippen LogP contribution < -0.4 is 0 Å². The van der Waals surface area contributed by atoms with Crippen LogP contribution in [0.25, 0.3) is 0 Å². The Morgan fingerprint density at radius 2 is 0.371 bits per heavy atom. The highest BCUT2D eigenvalue weighted by Gasteiger charge is 2.40. The molecule has 2 saturated heterocycles. The third-order valence-corrected chi connectivity index (χ3v) is 3.90. The molecular weight excluding hydrogens is 504 g/mol. The number of hydrazine groups is 7. The summed E-state index contributed by atoms with van der Waals surface area (Å²) in [4.78, 5) is 73.6. The van der Waals surface area contributed by atoms with Crippen LogP contribution in [0.4, 0.5) is 0 Å². The zero-order valence-electron chi connectivity index (χ0n) is 16.9. The van der Waals surface area contributed by atoms with Crippen LogP contribution in [0.15, 0.2) is 0 Å². The maximum atomic E-state index is 10.7. The molecule has 0 radical (unpaired) electrons. The highest BCUT2D eigenvalue weighted by atomic mass is 16.7. The lowest BCUT2D eigenvalue weighted by Crippen LogP contribution is -2.59. The van der Waals surface area contributed by atoms with Gasteiger partial charge in [-0.25, -0.2) is 70.8 Å². The van der Waals surface area contributed by atoms with Gasteiger partial charge in [0.05, 0.1) is 0 Å². The summed E-state index contributed by atoms with van der Waals surface area (Å²) in [6.45, 7) is -5.58. The van der Waals surface area contributed by atoms with E-state index in [-0.39, 0.29) is 20.0 Å². The van der Waals surface area contributed by atoms with Crippen LogP contribution in [0, 0.1) is 70.8 Å². The summed E-state index contributed by atoms with van der Waals surface area (Å²) in [6, 6.07) is 0. The summed E-state index contributed by atoms with van der Waals surface area (Å²) in [5.41, 5.74) is 0. The Morgan fingerprint density at radius 3 is 0.429 bits per heavy atom. The summed E-state index contributed by atoms with van der Waals surface area (Å²) in [7, 11) is 0. The topological polar surface area (TPSA) is 325 Å². The Hall–Kier alpha value is -5.60. The first-order chi connectivity index (χ1) is 16.1. The van der Waals surface area contributed by atoms with E-state index < -0.39 is 81.9 Å². The second-order valence-corrected chi connectivity index (χ2v) is 6.20. The molecule has 0 amide bonds. The van der Waals surface area contributed by atoms with Crippen LogP contribution in [0.1, 0.15) is 0 Å². The number of rotatable bonds is 7. The quantitative estimate of drug-likeness (QED) is 0.230. The fourth-order valence-corrected chi connectivity index (χ4v) is 2.36. The summed E-state index contributed by atoms with van der Waals surface area (Å²) in [5, 5.41) is 68.5. The molecule has 2 heterocycles. The molecule has 0 aromatic rings. The van der Waals surface area contributed by atoms with E-state index in [1.54, 1.807) is 0 Å². The molecule has 35 heavy (non-hydrogen) atoms. The zero-order valence-corrected chi connectivity index (χ0v) is 16.9. The fourth-order valence-electron chi connectivity index (χ4n) is 2.36. The van der Waals surface area contributed by atoms with Gasteiger partial charge in [-0.05, 0) is 0 Å². The highest BCUT2D eigenvalue weighted by molar-refractivity contribution is 4.51. The minimum absolute atomic E-state index is 0.197. The van der Waals surface area contributed by atoms with Gasteiger partial charge in [0.15, 0.2) is 35.2 Å². The lowest BCUT2D eigenvalue weighted by Gasteiger charge is -2.27. The van der Waals surface area contributed by atoms with Gasteiger partial charge in [0.25, 0.3) is 0 Å². The van der Waals surface area contributed by atoms with Gasteiger partial charge in [-0.15, -0.1) is 0 Å². The molecule has 2 rings (SSSR count). The Morgan fingerprint density at radius 1 is 0.286 bits per heavy atom. The van der Waals surface area contributed by atoms with E-state index >= 15 is 0 Å². The van der Waals surface area contributed by atoms with Crippen molar-refractivity contribution in [1.82, 2.24) is 35.1 Å². The van der Waals surface area contributed by atoms with Gasteiger partial charge in [-0.2, -0.15) is 0 Å². The molecule has 0 aromatic carbocycles. The zero-order chi connectivity index (χ0) is 27.0. The summed E-state index contributed by atoms with van der Waals surface area (Å²) in [6.07, 6.45) is 0. The SMILES string of the molecule is O=[N+]([O-])N1CN([N+](=O)[O-])CN([N+](=O)[O-])C1.O=[N+]([O-])N1CN([N+](=O)[O-])CN([N+](=O)[O-])CN([N+](=O)[O-])C1. The first-order valence-corrected chi connectivity index (χ1v) is 8.38. The van der Waals surface area contributed by atoms with Crippen molar-refractivity contribution in [2.45, 2.75) is 0 Å². The van der Waals surface area contributed by atoms with E-state index in [9.17, 15) is 70.8 Å². The molecule has 0 spiro atoms. The molecule has 0 N–H and O–H groups in total. The predicted molar refractivity (Wildman–Crippen MR) is 95.9 cm³/mol. The van der Waals surface area contributed by atoms with Gasteiger partial charge in [0.1, 0.15) is 0 Å². The maximum absolute atomic E-state index is 10.7. The standard InChI is InChI=1S/C4H8N8O8.C3H6N6O6/c13-9(14)5-1-6(10(15)16)3-8(12(19)20)4-7(2-5)11(17)18;10-7(11)4-1-5(8(12)13)3-6(2-4)9(14)15/h1-4H2;1-3H2. The van der Waals surface area contributed by atoms with Gasteiger partial charge >= 0.3 is 0 Å². The van der Waals surface area contributed by atoms with Crippen molar-refractivity contribution in [3.8, 4) is 0 Å². The van der Waals surface area contributed by atoms with Crippen LogP contribution in [0.2, 0.25) is 0 Å². The molecule has 28 nitrogen and oxygen atoms in total. The van der Waals surface area contributed by atoms with Crippen molar-refractivity contribution < 1.29 is 35.2 Å². The molecular formula is C7H14N14O14. The van der Waals surface area contributed by atoms with Gasteiger partial charge in [0.2, 0.25) is 46.7 Å². The van der Waals surface area contributed by atoms with Crippen molar-refractivity contribution >= 4 is 0 Å². The Labute approximate surface area is 189 Å². The van der Waals surface area contributed by atoms with Crippen molar-refractivity contribution in [3.05, 3.63) is 70.8 Å². The number of hydrogen-bond donors (Lipinski definition) is 0. The molecule has 2 aliphatic rings. The molecule has 2 aliphatic heterocycles. The van der Waals surface area contributed by atoms with E-state index in [1.165, 1.54) is 0 Å². The van der Waals surface area contributed by atoms with Crippen LogP contribution in [0.5, 0.6) is 0 Å². The first-order valence-electron chi connectivity index (χ1n) is 8.38. The maximum Gasteiger partial charge on any atom is 0.212 e. The van der Waals surface area contributed by atoms with Crippen LogP contribution in [-0.2, 0) is 0 Å². The average molecular weight is 518 g/mol. The highest BCUT2D eigenvalue weighted by Crippen LogP contribution is 2.08. The monoisotopic (exact) mass is 518 g/mol. The van der Waals surface area contributed by atoms with E-state index in [4.69, 9.17) is 0 Å². The van der Waals surface area contributed by atoms with Gasteiger partial charge in [-0.3, -0.25) is 0 Å². The molecule has 0 bridgehead atoms. The van der Waals surface area contributed by atoms with E-state index in [2.05, 4.69) is 0 Å². The molecule has 0 unspecified atom stereocenters. The second-order valence-electron chi connectivity index (χ2n) is 6.20. The molecule has 0 aromatic heterocycles. The molecule has 196 valence electrons. The molecule has 0 saturated carbocycles. The Bertz CT molecular complexity index is 742. The van der Waals surface area contributed by atoms with E-state index in [0.29, 0.717) is 15.0 Å². The molecule has 28 heteroatoms. The van der Waals surface area contributed by atoms with Gasteiger partial charge in [0, 0.05) is 0 Å². The molecule has 2 fully saturated rings. The number of nitrogens with zero attached hydrogens (tertiary/aromatic N) is 14. The van der Waals surface area contributed by atoms with Crippen LogP contribution >= 0.6 is 0 Å². The number of nitro groups is 7. The lowest BCUT2D eigenvalue weighted by atomic mass is 10.7.